The molecule has 0 saturated carbocycles. The Morgan fingerprint density at radius 2 is 1.69 bits per heavy atom. The van der Waals surface area contributed by atoms with Gasteiger partial charge in [0.2, 0.25) is 0 Å². The van der Waals surface area contributed by atoms with Gasteiger partial charge < -0.3 is 0 Å². The fourth-order valence-corrected chi connectivity index (χ4v) is 1.96. The summed E-state index contributed by atoms with van der Waals surface area (Å²) in [6.07, 6.45) is 0. The molecule has 0 heterocycles. The fourth-order valence-electron chi connectivity index (χ4n) is 1.63. The van der Waals surface area contributed by atoms with Crippen LogP contribution in [-0.2, 0) is 0 Å². The van der Waals surface area contributed by atoms with Gasteiger partial charge in [-0.1, -0.05) is 24.3 Å². The average molecular weight is 283 g/mol. The molecular weight excluding hydrogens is 274 g/mol. The zero-order valence-electron chi connectivity index (χ0n) is 8.60. The highest BCUT2D eigenvalue weighted by atomic mass is 79.9. The first-order valence-electron chi connectivity index (χ1n) is 4.80. The summed E-state index contributed by atoms with van der Waals surface area (Å²) >= 11 is 3.06. The largest absolute Gasteiger partial charge is 0.206 e. The van der Waals surface area contributed by atoms with E-state index in [1.165, 1.54) is 12.1 Å². The number of rotatable bonds is 1. The highest BCUT2D eigenvalue weighted by Crippen LogP contribution is 2.32. The third-order valence-corrected chi connectivity index (χ3v) is 3.07. The van der Waals surface area contributed by atoms with Crippen LogP contribution in [0.4, 0.5) is 8.78 Å². The summed E-state index contributed by atoms with van der Waals surface area (Å²) in [6.45, 7) is 1.83. The van der Waals surface area contributed by atoms with Crippen LogP contribution in [0.1, 0.15) is 5.56 Å². The van der Waals surface area contributed by atoms with Crippen molar-refractivity contribution in [2.45, 2.75) is 6.92 Å². The summed E-state index contributed by atoms with van der Waals surface area (Å²) in [6, 6.07) is 9.77. The van der Waals surface area contributed by atoms with Crippen LogP contribution in [0.15, 0.2) is 40.9 Å². The smallest absolute Gasteiger partial charge is 0.148 e. The number of halogens is 3. The molecule has 0 bridgehead atoms. The summed E-state index contributed by atoms with van der Waals surface area (Å²) in [5.41, 5.74) is 1.45. The fraction of sp³-hybridized carbons (Fsp3) is 0.0769. The molecule has 0 atom stereocenters. The van der Waals surface area contributed by atoms with Gasteiger partial charge in [0, 0.05) is 0 Å². The van der Waals surface area contributed by atoms with Crippen LogP contribution in [0, 0.1) is 18.6 Å². The summed E-state index contributed by atoms with van der Waals surface area (Å²) < 4.78 is 27.7. The van der Waals surface area contributed by atoms with Gasteiger partial charge in [0.15, 0.2) is 0 Å². The van der Waals surface area contributed by atoms with E-state index >= 15 is 0 Å². The minimum Gasteiger partial charge on any atom is -0.206 e. The van der Waals surface area contributed by atoms with E-state index in [0.717, 1.165) is 5.56 Å². The Balaban J connectivity index is 2.74. The number of hydrogen-bond donors (Lipinski definition) is 0. The lowest BCUT2D eigenvalue weighted by Crippen LogP contribution is -1.93. The molecule has 2 aromatic rings. The molecule has 0 unspecified atom stereocenters. The van der Waals surface area contributed by atoms with Gasteiger partial charge in [-0.25, -0.2) is 8.78 Å². The first-order valence-corrected chi connectivity index (χ1v) is 5.60. The van der Waals surface area contributed by atoms with Crippen LogP contribution in [0.5, 0.6) is 0 Å². The average Bonchev–Trinajstić information content (AvgIpc) is 2.27. The van der Waals surface area contributed by atoms with E-state index in [-0.39, 0.29) is 10.0 Å². The predicted octanol–water partition coefficient (Wildman–Crippen LogP) is 4.70. The van der Waals surface area contributed by atoms with Gasteiger partial charge in [0.05, 0.1) is 10.0 Å². The molecule has 0 amide bonds. The Morgan fingerprint density at radius 1 is 1.00 bits per heavy atom. The summed E-state index contributed by atoms with van der Waals surface area (Å²) in [7, 11) is 0. The first-order chi connectivity index (χ1) is 7.61. The first kappa shape index (κ1) is 11.3. The van der Waals surface area contributed by atoms with Crippen molar-refractivity contribution in [3.63, 3.8) is 0 Å². The monoisotopic (exact) mass is 282 g/mol. The van der Waals surface area contributed by atoms with Crippen LogP contribution in [0.25, 0.3) is 11.1 Å². The van der Waals surface area contributed by atoms with Gasteiger partial charge in [-0.3, -0.25) is 0 Å². The zero-order valence-corrected chi connectivity index (χ0v) is 10.2. The SMILES string of the molecule is Cc1ccccc1-c1c(F)ccc(Br)c1F. The van der Waals surface area contributed by atoms with Crippen molar-refractivity contribution in [2.24, 2.45) is 0 Å². The predicted molar refractivity (Wildman–Crippen MR) is 64.2 cm³/mol. The van der Waals surface area contributed by atoms with E-state index < -0.39 is 11.6 Å². The van der Waals surface area contributed by atoms with Gasteiger partial charge in [-0.2, -0.15) is 0 Å². The molecule has 0 aliphatic carbocycles. The van der Waals surface area contributed by atoms with Crippen molar-refractivity contribution in [1.29, 1.82) is 0 Å². The molecule has 82 valence electrons. The summed E-state index contributed by atoms with van der Waals surface area (Å²) in [4.78, 5) is 0. The molecule has 0 radical (unpaired) electrons. The summed E-state index contributed by atoms with van der Waals surface area (Å²) in [5, 5.41) is 0. The maximum atomic E-state index is 13.8. The van der Waals surface area contributed by atoms with E-state index in [9.17, 15) is 8.78 Å². The molecule has 0 nitrogen and oxygen atoms in total. The molecule has 2 aromatic carbocycles. The molecule has 16 heavy (non-hydrogen) atoms. The molecule has 2 rings (SSSR count). The van der Waals surface area contributed by atoms with Crippen molar-refractivity contribution in [2.75, 3.05) is 0 Å². The van der Waals surface area contributed by atoms with E-state index in [4.69, 9.17) is 0 Å². The molecule has 3 heteroatoms. The highest BCUT2D eigenvalue weighted by Gasteiger charge is 2.15. The number of hydrogen-bond acceptors (Lipinski definition) is 0. The van der Waals surface area contributed by atoms with E-state index in [0.29, 0.717) is 5.56 Å². The maximum absolute atomic E-state index is 13.8. The Kier molecular flexibility index (Phi) is 3.06. The van der Waals surface area contributed by atoms with E-state index in [1.807, 2.05) is 19.1 Å². The zero-order chi connectivity index (χ0) is 11.7. The third-order valence-electron chi connectivity index (χ3n) is 2.46. The van der Waals surface area contributed by atoms with Crippen LogP contribution in [0.3, 0.4) is 0 Å². The minimum absolute atomic E-state index is 0.0208. The summed E-state index contributed by atoms with van der Waals surface area (Å²) in [5.74, 6) is -1.11. The molecule has 0 fully saturated rings. The van der Waals surface area contributed by atoms with Gasteiger partial charge in [-0.05, 0) is 46.1 Å². The van der Waals surface area contributed by atoms with Crippen molar-refractivity contribution in [3.05, 3.63) is 58.1 Å². The topological polar surface area (TPSA) is 0 Å². The number of benzene rings is 2. The second kappa shape index (κ2) is 4.34. The molecule has 0 aromatic heterocycles. The second-order valence-electron chi connectivity index (χ2n) is 3.53. The lowest BCUT2D eigenvalue weighted by Gasteiger charge is -2.09. The van der Waals surface area contributed by atoms with E-state index in [2.05, 4.69) is 15.9 Å². The maximum Gasteiger partial charge on any atom is 0.148 e. The normalized spacial score (nSPS) is 10.5. The van der Waals surface area contributed by atoms with Crippen LogP contribution < -0.4 is 0 Å². The minimum atomic E-state index is -0.561. The van der Waals surface area contributed by atoms with E-state index in [1.54, 1.807) is 12.1 Å². The standard InChI is InChI=1S/C13H9BrF2/c1-8-4-2-3-5-9(8)12-11(15)7-6-10(14)13(12)16/h2-7H,1H3. The Hall–Kier alpha value is -1.22. The molecular formula is C13H9BrF2. The van der Waals surface area contributed by atoms with Gasteiger partial charge >= 0.3 is 0 Å². The Labute approximate surface area is 101 Å². The third kappa shape index (κ3) is 1.87. The van der Waals surface area contributed by atoms with Crippen molar-refractivity contribution >= 4 is 15.9 Å². The lowest BCUT2D eigenvalue weighted by atomic mass is 10.00. The highest BCUT2D eigenvalue weighted by molar-refractivity contribution is 9.10. The van der Waals surface area contributed by atoms with Crippen molar-refractivity contribution in [1.82, 2.24) is 0 Å². The van der Waals surface area contributed by atoms with Gasteiger partial charge in [0.25, 0.3) is 0 Å². The van der Waals surface area contributed by atoms with Crippen molar-refractivity contribution < 1.29 is 8.78 Å². The van der Waals surface area contributed by atoms with Crippen molar-refractivity contribution in [3.8, 4) is 11.1 Å². The molecule has 0 aliphatic heterocycles. The molecule has 0 N–H and O–H groups in total. The van der Waals surface area contributed by atoms with Gasteiger partial charge in [-0.15, -0.1) is 0 Å². The second-order valence-corrected chi connectivity index (χ2v) is 4.39. The number of aryl methyl sites for hydroxylation is 1. The Bertz CT molecular complexity index is 535. The molecule has 0 aliphatic rings. The Morgan fingerprint density at radius 3 is 2.38 bits per heavy atom. The quantitative estimate of drug-likeness (QED) is 0.665. The van der Waals surface area contributed by atoms with Crippen LogP contribution in [0.2, 0.25) is 0 Å². The van der Waals surface area contributed by atoms with Crippen LogP contribution in [-0.4, -0.2) is 0 Å². The lowest BCUT2D eigenvalue weighted by molar-refractivity contribution is 0.585. The molecule has 0 saturated heterocycles. The van der Waals surface area contributed by atoms with Crippen LogP contribution >= 0.6 is 15.9 Å². The van der Waals surface area contributed by atoms with Gasteiger partial charge in [0.1, 0.15) is 11.6 Å². The molecule has 0 spiro atoms.